The van der Waals surface area contributed by atoms with Crippen LogP contribution in [0.25, 0.3) is 0 Å². The molecule has 5 aliphatic rings. The van der Waals surface area contributed by atoms with Crippen LogP contribution in [0.4, 0.5) is 14.5 Å². The first-order valence-electron chi connectivity index (χ1n) is 11.6. The van der Waals surface area contributed by atoms with E-state index in [2.05, 4.69) is 5.32 Å². The van der Waals surface area contributed by atoms with E-state index < -0.39 is 17.3 Å². The van der Waals surface area contributed by atoms with E-state index in [0.717, 1.165) is 19.3 Å². The molecule has 1 heterocycles. The normalized spacial score (nSPS) is 32.9. The van der Waals surface area contributed by atoms with Gasteiger partial charge in [0.1, 0.15) is 18.2 Å². The number of amides is 2. The van der Waals surface area contributed by atoms with Gasteiger partial charge in [-0.05, 0) is 92.2 Å². The number of nitrogens with one attached hydrogen (secondary N) is 1. The number of carbonyl (C=O) groups excluding carboxylic acids is 2. The Hall–Kier alpha value is -2.76. The third kappa shape index (κ3) is 3.14. The van der Waals surface area contributed by atoms with Crippen molar-refractivity contribution in [3.63, 3.8) is 0 Å². The maximum atomic E-state index is 14.3. The average Bonchev–Trinajstić information content (AvgIpc) is 2.88. The van der Waals surface area contributed by atoms with Crippen LogP contribution in [0.3, 0.4) is 0 Å². The number of nitrogens with zero attached hydrogens (tertiary/aromatic N) is 1. The first-order chi connectivity index (χ1) is 15.4. The van der Waals surface area contributed by atoms with Crippen LogP contribution in [0, 0.1) is 34.8 Å². The molecule has 0 radical (unpaired) electrons. The maximum absolute atomic E-state index is 14.3. The van der Waals surface area contributed by atoms with E-state index in [9.17, 15) is 18.4 Å². The molecule has 2 amide bonds. The van der Waals surface area contributed by atoms with E-state index >= 15 is 0 Å². The van der Waals surface area contributed by atoms with E-state index in [1.807, 2.05) is 0 Å². The van der Waals surface area contributed by atoms with E-state index in [0.29, 0.717) is 34.6 Å². The van der Waals surface area contributed by atoms with Crippen LogP contribution in [-0.4, -0.2) is 23.3 Å². The minimum absolute atomic E-state index is 0.00168. The lowest BCUT2D eigenvalue weighted by Gasteiger charge is -2.57. The predicted molar refractivity (Wildman–Crippen MR) is 116 cm³/mol. The molecule has 6 heteroatoms. The summed E-state index contributed by atoms with van der Waals surface area (Å²) in [5.74, 6) is 0.642. The molecule has 4 fully saturated rings. The first kappa shape index (κ1) is 19.9. The van der Waals surface area contributed by atoms with Gasteiger partial charge in [-0.15, -0.1) is 0 Å². The molecule has 0 aromatic heterocycles. The fraction of sp³-hybridized carbons (Fsp3) is 0.462. The molecule has 7 rings (SSSR count). The van der Waals surface area contributed by atoms with Crippen molar-refractivity contribution in [3.05, 3.63) is 65.2 Å². The fourth-order valence-corrected chi connectivity index (χ4v) is 7.35. The summed E-state index contributed by atoms with van der Waals surface area (Å²) >= 11 is 0. The second-order valence-corrected chi connectivity index (χ2v) is 10.4. The zero-order valence-corrected chi connectivity index (χ0v) is 17.8. The van der Waals surface area contributed by atoms with Gasteiger partial charge in [0, 0.05) is 11.3 Å². The van der Waals surface area contributed by atoms with Crippen LogP contribution < -0.4 is 5.32 Å². The van der Waals surface area contributed by atoms with Gasteiger partial charge in [0.2, 0.25) is 11.8 Å². The average molecular weight is 437 g/mol. The highest BCUT2D eigenvalue weighted by Crippen LogP contribution is 2.61. The minimum Gasteiger partial charge on any atom is -0.324 e. The third-order valence-corrected chi connectivity index (χ3v) is 8.15. The number of fused-ring (bicyclic) bond motifs is 1. The molecular weight excluding hydrogens is 410 g/mol. The third-order valence-electron chi connectivity index (χ3n) is 8.15. The number of halogens is 2. The highest BCUT2D eigenvalue weighted by Gasteiger charge is 2.56. The van der Waals surface area contributed by atoms with Gasteiger partial charge in [0.05, 0.1) is 11.5 Å². The summed E-state index contributed by atoms with van der Waals surface area (Å²) in [5, 5.41) is 2.85. The Morgan fingerprint density at radius 2 is 1.50 bits per heavy atom. The van der Waals surface area contributed by atoms with E-state index in [1.54, 1.807) is 17.0 Å². The molecule has 4 nitrogen and oxygen atoms in total. The molecule has 1 aliphatic heterocycles. The van der Waals surface area contributed by atoms with Crippen LogP contribution >= 0.6 is 0 Å². The summed E-state index contributed by atoms with van der Waals surface area (Å²) in [7, 11) is 0. The predicted octanol–water partition coefficient (Wildman–Crippen LogP) is 5.05. The van der Waals surface area contributed by atoms with Crippen molar-refractivity contribution < 1.29 is 18.4 Å². The van der Waals surface area contributed by atoms with Gasteiger partial charge in [0.25, 0.3) is 0 Å². The summed E-state index contributed by atoms with van der Waals surface area (Å²) in [6.45, 7) is -0.0983. The highest BCUT2D eigenvalue weighted by molar-refractivity contribution is 5.98. The molecule has 4 saturated carbocycles. The van der Waals surface area contributed by atoms with Crippen molar-refractivity contribution in [2.45, 2.75) is 44.6 Å². The first-order valence-corrected chi connectivity index (χ1v) is 11.6. The van der Waals surface area contributed by atoms with Crippen LogP contribution in [0.2, 0.25) is 0 Å². The lowest BCUT2D eigenvalue weighted by atomic mass is 9.49. The van der Waals surface area contributed by atoms with Gasteiger partial charge in [-0.3, -0.25) is 9.59 Å². The van der Waals surface area contributed by atoms with Gasteiger partial charge in [-0.2, -0.15) is 0 Å². The fourth-order valence-electron chi connectivity index (χ4n) is 7.35. The topological polar surface area (TPSA) is 49.4 Å². The zero-order valence-electron chi connectivity index (χ0n) is 17.8. The molecule has 166 valence electrons. The molecule has 1 atom stereocenters. The summed E-state index contributed by atoms with van der Waals surface area (Å²) < 4.78 is 28.1. The molecular formula is C26H26F2N2O2. The molecule has 2 aromatic rings. The van der Waals surface area contributed by atoms with E-state index in [1.165, 1.54) is 49.6 Å². The van der Waals surface area contributed by atoms with Crippen molar-refractivity contribution in [1.82, 2.24) is 4.90 Å². The molecule has 2 aromatic carbocycles. The molecule has 1 unspecified atom stereocenters. The SMILES string of the molecule is O=C1CN(C(=O)C23CC4CC(CC(C4)C2)C3)C(c2ccc(F)cc2)c2cc(F)ccc2N1. The highest BCUT2D eigenvalue weighted by atomic mass is 19.1. The Morgan fingerprint density at radius 3 is 2.12 bits per heavy atom. The lowest BCUT2D eigenvalue weighted by Crippen LogP contribution is -2.55. The Balaban J connectivity index is 1.47. The number of hydrogen-bond donors (Lipinski definition) is 1. The molecule has 4 bridgehead atoms. The van der Waals surface area contributed by atoms with Crippen molar-refractivity contribution in [1.29, 1.82) is 0 Å². The number of carbonyl (C=O) groups is 2. The Kier molecular flexibility index (Phi) is 4.43. The number of benzene rings is 2. The summed E-state index contributed by atoms with van der Waals surface area (Å²) in [5.41, 5.74) is 1.26. The minimum atomic E-state index is -0.652. The van der Waals surface area contributed by atoms with Gasteiger partial charge >= 0.3 is 0 Å². The van der Waals surface area contributed by atoms with Crippen molar-refractivity contribution in [2.24, 2.45) is 23.2 Å². The summed E-state index contributed by atoms with van der Waals surface area (Å²) in [6.07, 6.45) is 6.26. The second kappa shape index (κ2) is 7.12. The zero-order chi connectivity index (χ0) is 22.0. The Morgan fingerprint density at radius 1 is 0.906 bits per heavy atom. The van der Waals surface area contributed by atoms with Crippen LogP contribution in [-0.2, 0) is 9.59 Å². The second-order valence-electron chi connectivity index (χ2n) is 10.4. The number of hydrogen-bond acceptors (Lipinski definition) is 2. The molecule has 4 aliphatic carbocycles. The molecule has 32 heavy (non-hydrogen) atoms. The van der Waals surface area contributed by atoms with Crippen LogP contribution in [0.15, 0.2) is 42.5 Å². The van der Waals surface area contributed by atoms with Crippen LogP contribution in [0.1, 0.15) is 55.7 Å². The standard InChI is InChI=1S/C26H26F2N2O2/c27-19-3-1-18(2-4-19)24-21-10-20(28)5-6-22(21)29-23(31)14-30(24)25(32)26-11-15-7-16(12-26)9-17(8-15)13-26/h1-6,10,15-17,24H,7-9,11-14H2,(H,29,31). The Labute approximate surface area is 186 Å². The van der Waals surface area contributed by atoms with Crippen molar-refractivity contribution in [3.8, 4) is 0 Å². The van der Waals surface area contributed by atoms with Crippen molar-refractivity contribution in [2.75, 3.05) is 11.9 Å². The monoisotopic (exact) mass is 436 g/mol. The van der Waals surface area contributed by atoms with Gasteiger partial charge in [-0.1, -0.05) is 12.1 Å². The maximum Gasteiger partial charge on any atom is 0.244 e. The van der Waals surface area contributed by atoms with Crippen molar-refractivity contribution >= 4 is 17.5 Å². The van der Waals surface area contributed by atoms with E-state index in [4.69, 9.17) is 0 Å². The quantitative estimate of drug-likeness (QED) is 0.716. The van der Waals surface area contributed by atoms with Gasteiger partial charge < -0.3 is 10.2 Å². The summed E-state index contributed by atoms with van der Waals surface area (Å²) in [4.78, 5) is 28.8. The smallest absolute Gasteiger partial charge is 0.244 e. The molecule has 0 saturated heterocycles. The molecule has 1 N–H and O–H groups in total. The Bertz CT molecular complexity index is 1060. The summed E-state index contributed by atoms with van der Waals surface area (Å²) in [6, 6.07) is 9.53. The van der Waals surface area contributed by atoms with E-state index in [-0.39, 0.29) is 24.2 Å². The van der Waals surface area contributed by atoms with Crippen LogP contribution in [0.5, 0.6) is 0 Å². The van der Waals surface area contributed by atoms with Gasteiger partial charge in [0.15, 0.2) is 0 Å². The molecule has 0 spiro atoms. The number of anilines is 1. The number of rotatable bonds is 2. The largest absolute Gasteiger partial charge is 0.324 e. The van der Waals surface area contributed by atoms with Gasteiger partial charge in [-0.25, -0.2) is 8.78 Å². The lowest BCUT2D eigenvalue weighted by molar-refractivity contribution is -0.160.